The molecular weight excluding hydrogens is 336 g/mol. The molecule has 0 spiro atoms. The molecule has 1 rings (SSSR count). The molecule has 0 N–H and O–H groups in total. The lowest BCUT2D eigenvalue weighted by molar-refractivity contribution is 0.154. The van der Waals surface area contributed by atoms with Gasteiger partial charge in [-0.1, -0.05) is 0 Å². The summed E-state index contributed by atoms with van der Waals surface area (Å²) >= 11 is 6.92. The van der Waals surface area contributed by atoms with Crippen LogP contribution in [0.1, 0.15) is 13.8 Å². The first kappa shape index (κ1) is 13.9. The highest BCUT2D eigenvalue weighted by Crippen LogP contribution is 2.26. The van der Waals surface area contributed by atoms with Crippen molar-refractivity contribution in [3.63, 3.8) is 0 Å². The van der Waals surface area contributed by atoms with Gasteiger partial charge in [-0.3, -0.25) is 0 Å². The van der Waals surface area contributed by atoms with E-state index in [0.717, 1.165) is 41.1 Å². The van der Waals surface area contributed by atoms with E-state index in [0.29, 0.717) is 0 Å². The van der Waals surface area contributed by atoms with Crippen molar-refractivity contribution in [2.45, 2.75) is 13.8 Å². The van der Waals surface area contributed by atoms with Crippen molar-refractivity contribution < 1.29 is 4.74 Å². The molecule has 0 unspecified atom stereocenters. The summed E-state index contributed by atoms with van der Waals surface area (Å²) in [7, 11) is 0. The summed E-state index contributed by atoms with van der Waals surface area (Å²) in [5.74, 6) is 0.963. The normalized spacial score (nSPS) is 10.5. The van der Waals surface area contributed by atoms with Crippen LogP contribution in [0.5, 0.6) is 0 Å². The lowest BCUT2D eigenvalue weighted by Crippen LogP contribution is -2.28. The predicted molar refractivity (Wildman–Crippen MR) is 74.0 cm³/mol. The molecule has 0 fully saturated rings. The third-order valence-electron chi connectivity index (χ3n) is 2.18. The molecule has 0 aliphatic rings. The van der Waals surface area contributed by atoms with Gasteiger partial charge in [0.15, 0.2) is 0 Å². The van der Waals surface area contributed by atoms with Gasteiger partial charge in [0.1, 0.15) is 5.82 Å². The number of likely N-dealkylation sites (N-methyl/N-ethyl adjacent to an activating group) is 1. The maximum atomic E-state index is 5.36. The van der Waals surface area contributed by atoms with Crippen LogP contribution in [0.25, 0.3) is 0 Å². The molecule has 0 saturated heterocycles. The molecule has 0 radical (unpaired) electrons. The second-order valence-electron chi connectivity index (χ2n) is 3.24. The lowest BCUT2D eigenvalue weighted by atomic mass is 10.4. The SMILES string of the molecule is CCOCCN(CC)c1ncc(Br)cc1Br. The Hall–Kier alpha value is -0.130. The number of aromatic nitrogens is 1. The van der Waals surface area contributed by atoms with Gasteiger partial charge in [-0.2, -0.15) is 0 Å². The third-order valence-corrected chi connectivity index (χ3v) is 3.20. The predicted octanol–water partition coefficient (Wildman–Crippen LogP) is 3.47. The Morgan fingerprint density at radius 1 is 1.38 bits per heavy atom. The Bertz CT molecular complexity index is 334. The summed E-state index contributed by atoms with van der Waals surface area (Å²) in [6.45, 7) is 7.38. The largest absolute Gasteiger partial charge is 0.380 e. The van der Waals surface area contributed by atoms with Gasteiger partial charge in [0.2, 0.25) is 0 Å². The first-order valence-corrected chi connectivity index (χ1v) is 6.91. The van der Waals surface area contributed by atoms with Crippen LogP contribution in [0.2, 0.25) is 0 Å². The first-order chi connectivity index (χ1) is 7.69. The summed E-state index contributed by atoms with van der Waals surface area (Å²) in [5.41, 5.74) is 0. The van der Waals surface area contributed by atoms with E-state index in [1.54, 1.807) is 0 Å². The van der Waals surface area contributed by atoms with Crippen LogP contribution in [0, 0.1) is 0 Å². The van der Waals surface area contributed by atoms with Crippen LogP contribution in [-0.2, 0) is 4.74 Å². The molecule has 1 heterocycles. The second-order valence-corrected chi connectivity index (χ2v) is 5.01. The standard InChI is InChI=1S/C11H16Br2N2O/c1-3-15(5-6-16-4-2)11-10(13)7-9(12)8-14-11/h7-8H,3-6H2,1-2H3. The fourth-order valence-corrected chi connectivity index (χ4v) is 2.61. The molecule has 0 aliphatic heterocycles. The van der Waals surface area contributed by atoms with Crippen LogP contribution in [0.15, 0.2) is 21.2 Å². The van der Waals surface area contributed by atoms with Gasteiger partial charge in [0.25, 0.3) is 0 Å². The van der Waals surface area contributed by atoms with E-state index < -0.39 is 0 Å². The zero-order valence-electron chi connectivity index (χ0n) is 9.54. The van der Waals surface area contributed by atoms with Crippen LogP contribution in [0.4, 0.5) is 5.82 Å². The zero-order valence-corrected chi connectivity index (χ0v) is 12.7. The van der Waals surface area contributed by atoms with Gasteiger partial charge in [-0.25, -0.2) is 4.98 Å². The van der Waals surface area contributed by atoms with Crippen molar-refractivity contribution >= 4 is 37.7 Å². The van der Waals surface area contributed by atoms with Crippen molar-refractivity contribution in [1.82, 2.24) is 4.98 Å². The number of ether oxygens (including phenoxy) is 1. The van der Waals surface area contributed by atoms with Gasteiger partial charge in [0, 0.05) is 30.4 Å². The Morgan fingerprint density at radius 3 is 2.69 bits per heavy atom. The molecule has 90 valence electrons. The number of hydrogen-bond acceptors (Lipinski definition) is 3. The molecule has 0 atom stereocenters. The Balaban J connectivity index is 2.70. The summed E-state index contributed by atoms with van der Waals surface area (Å²) in [4.78, 5) is 6.59. The first-order valence-electron chi connectivity index (χ1n) is 5.32. The quantitative estimate of drug-likeness (QED) is 0.734. The summed E-state index contributed by atoms with van der Waals surface area (Å²) in [6, 6.07) is 2.01. The molecule has 16 heavy (non-hydrogen) atoms. The van der Waals surface area contributed by atoms with E-state index in [-0.39, 0.29) is 0 Å². The van der Waals surface area contributed by atoms with E-state index in [2.05, 4.69) is 48.7 Å². The van der Waals surface area contributed by atoms with Crippen LogP contribution >= 0.6 is 31.9 Å². The average molecular weight is 352 g/mol. The Morgan fingerprint density at radius 2 is 2.12 bits per heavy atom. The summed E-state index contributed by atoms with van der Waals surface area (Å²) in [5, 5.41) is 0. The van der Waals surface area contributed by atoms with Crippen molar-refractivity contribution in [3.05, 3.63) is 21.2 Å². The molecule has 5 heteroatoms. The van der Waals surface area contributed by atoms with Gasteiger partial charge < -0.3 is 9.64 Å². The number of nitrogens with zero attached hydrogens (tertiary/aromatic N) is 2. The molecule has 0 aliphatic carbocycles. The van der Waals surface area contributed by atoms with E-state index in [1.807, 2.05) is 19.2 Å². The Kier molecular flexibility index (Phi) is 6.31. The lowest BCUT2D eigenvalue weighted by Gasteiger charge is -2.22. The van der Waals surface area contributed by atoms with Gasteiger partial charge in [-0.05, 0) is 51.8 Å². The molecule has 1 aromatic rings. The Labute approximate surface area is 113 Å². The van der Waals surface area contributed by atoms with Crippen molar-refractivity contribution in [2.24, 2.45) is 0 Å². The molecule has 0 bridgehead atoms. The highest BCUT2D eigenvalue weighted by molar-refractivity contribution is 9.11. The molecule has 3 nitrogen and oxygen atoms in total. The number of halogens is 2. The monoisotopic (exact) mass is 350 g/mol. The molecule has 1 aromatic heterocycles. The van der Waals surface area contributed by atoms with E-state index in [1.165, 1.54) is 0 Å². The van der Waals surface area contributed by atoms with E-state index in [9.17, 15) is 0 Å². The molecule has 0 aromatic carbocycles. The smallest absolute Gasteiger partial charge is 0.143 e. The van der Waals surface area contributed by atoms with Crippen LogP contribution < -0.4 is 4.90 Å². The van der Waals surface area contributed by atoms with Crippen molar-refractivity contribution in [2.75, 3.05) is 31.2 Å². The topological polar surface area (TPSA) is 25.4 Å². The zero-order chi connectivity index (χ0) is 12.0. The third kappa shape index (κ3) is 4.03. The highest BCUT2D eigenvalue weighted by Gasteiger charge is 2.09. The molecular formula is C11H16Br2N2O. The number of hydrogen-bond donors (Lipinski definition) is 0. The minimum absolute atomic E-state index is 0.731. The number of pyridine rings is 1. The average Bonchev–Trinajstić information content (AvgIpc) is 2.26. The fraction of sp³-hybridized carbons (Fsp3) is 0.545. The van der Waals surface area contributed by atoms with Crippen LogP contribution in [-0.4, -0.2) is 31.3 Å². The van der Waals surface area contributed by atoms with Crippen molar-refractivity contribution in [3.8, 4) is 0 Å². The molecule has 0 saturated carbocycles. The number of rotatable bonds is 6. The summed E-state index contributed by atoms with van der Waals surface area (Å²) in [6.07, 6.45) is 1.81. The highest BCUT2D eigenvalue weighted by atomic mass is 79.9. The van der Waals surface area contributed by atoms with Crippen LogP contribution in [0.3, 0.4) is 0 Å². The maximum Gasteiger partial charge on any atom is 0.143 e. The maximum absolute atomic E-state index is 5.36. The van der Waals surface area contributed by atoms with E-state index >= 15 is 0 Å². The summed E-state index contributed by atoms with van der Waals surface area (Å²) < 4.78 is 7.33. The minimum Gasteiger partial charge on any atom is -0.380 e. The second kappa shape index (κ2) is 7.25. The van der Waals surface area contributed by atoms with Gasteiger partial charge >= 0.3 is 0 Å². The van der Waals surface area contributed by atoms with Crippen molar-refractivity contribution in [1.29, 1.82) is 0 Å². The minimum atomic E-state index is 0.731. The molecule has 0 amide bonds. The van der Waals surface area contributed by atoms with Gasteiger partial charge in [0.05, 0.1) is 11.1 Å². The fourth-order valence-electron chi connectivity index (χ4n) is 1.37. The van der Waals surface area contributed by atoms with Gasteiger partial charge in [-0.15, -0.1) is 0 Å². The number of anilines is 1. The van der Waals surface area contributed by atoms with E-state index in [4.69, 9.17) is 4.74 Å².